The zero-order chi connectivity index (χ0) is 100. The largest absolute Gasteiger partial charge is 0.305 e. The quantitative estimate of drug-likeness (QED) is 0.113. The van der Waals surface area contributed by atoms with E-state index in [0.29, 0.717) is 46.8 Å². The van der Waals surface area contributed by atoms with Crippen LogP contribution in [0.1, 0.15) is 212 Å². The van der Waals surface area contributed by atoms with E-state index in [1.807, 2.05) is 158 Å². The summed E-state index contributed by atoms with van der Waals surface area (Å²) >= 11 is 0. The Morgan fingerprint density at radius 1 is 0.250 bits per heavy atom. The van der Waals surface area contributed by atoms with Gasteiger partial charge >= 0.3 is 0 Å². The SMILES string of the molecule is [2H]C([2H])([2H])c1c[c-]c(-c2ccc(C([2H])([2H])[2H])cn2)cc1.[2H]C([2H])([2H])c1ccc(-c2[c-]cccc2)nc1.[2H]C([2H])([2H])c1ccc(-c2[c-]cccc2)nc1.[2H]C1(c2ccccc2)C2CC3CC1CC(C2)C3([2H])c1ccnc(-c2[c-]cccc2)c1.[2H]C1(c2ccccc2)CC2CC1CC2([2H])c1ccnc(-c2[c-]cccc2)c1.[2H]C1(c2ccccc2)CCC2C(CCC3CC([2H])(c4ccnc(-c5[c-]cccc5)c4)CCC32)C1.[Ir].[Ir].[Ir]. The van der Waals surface area contributed by atoms with E-state index in [-0.39, 0.29) is 94.4 Å². The molecule has 0 saturated heterocycles. The van der Waals surface area contributed by atoms with Gasteiger partial charge in [0.25, 0.3) is 0 Å². The van der Waals surface area contributed by atoms with Crippen molar-refractivity contribution in [3.8, 4) is 67.5 Å². The molecule has 653 valence electrons. The fraction of sp³-hybridized carbons (Fsp3) is 0.294. The standard InChI is InChI=1S/C31H34N.C27H26N.C24H22N.C13H12N.2C12H10N.3Ir/c1-3-7-22(8-4-1)24-13-15-29-27(19-24)11-12-28-20-25(14-16-30(28)29)26-17-18-32-31(21-26)23-9-5-2-6-10-23;1-3-7-18(8-4-1)25-17-20(11-12-28-25)27-23-13-21-14-24(27)16-22(15-23)26(21)19-9-5-2-6-10-19;1-3-7-17(8-4-1)22-14-21-13-20(22)15-23(21)19-11-12-25-24(16-19)18-9-5-2-6-10-18;1-10-3-6-12(7-4-10)13-8-5-11(2)9-14-13;2*1-10-7-8-12(13-9-10)11-5-3-2-4-6-11;;;/h1-9,17-18,21,24-25,27-30H,11-16,19-20H2;1-7,9-12,17,21-24,26-27H,13-16H2;1-9,11-12,16,20-23H,13-15H2;3-6,8-9H,1-2H3;2*2-5,7-9H,1H3;;;/q6*-1;;;/i24D,25D;26D,27D;22D,23D;1D3,2D3;2*1D3;;;. The van der Waals surface area contributed by atoms with E-state index in [1.165, 1.54) is 67.2 Å². The van der Waals surface area contributed by atoms with Crippen LogP contribution in [0.4, 0.5) is 0 Å². The zero-order valence-electron chi connectivity index (χ0n) is 89.4. The molecule has 10 unspecified atom stereocenters. The molecule has 6 aromatic heterocycles. The van der Waals surface area contributed by atoms with Crippen LogP contribution in [0.5, 0.6) is 0 Å². The van der Waals surface area contributed by atoms with E-state index in [2.05, 4.69) is 163 Å². The number of rotatable bonds is 12. The average Bonchev–Trinajstić information content (AvgIpc) is 0.709. The monoisotopic (exact) mass is 2220 g/mol. The minimum atomic E-state index is -2.18. The van der Waals surface area contributed by atoms with Gasteiger partial charge in [0.05, 0.1) is 0 Å². The molecule has 0 amide bonds. The predicted octanol–water partition coefficient (Wildman–Crippen LogP) is 29.2. The van der Waals surface area contributed by atoms with Crippen LogP contribution in [-0.4, -0.2) is 29.9 Å². The molecule has 0 aliphatic heterocycles. The van der Waals surface area contributed by atoms with E-state index in [9.17, 15) is 6.85 Å². The molecule has 3 radical (unpaired) electrons. The summed E-state index contributed by atoms with van der Waals surface area (Å²) < 4.78 is 143. The molecule has 9 heteroatoms. The van der Waals surface area contributed by atoms with Crippen LogP contribution < -0.4 is 0 Å². The second-order valence-corrected chi connectivity index (χ2v) is 34.4. The predicted molar refractivity (Wildman–Crippen MR) is 510 cm³/mol. The normalized spacial score (nSPS) is 29.7. The van der Waals surface area contributed by atoms with Crippen molar-refractivity contribution in [2.24, 2.45) is 59.2 Å². The van der Waals surface area contributed by atoms with Crippen molar-refractivity contribution >= 4 is 0 Å². The summed E-state index contributed by atoms with van der Waals surface area (Å²) in [7, 11) is 0. The van der Waals surface area contributed by atoms with Gasteiger partial charge in [-0.25, -0.2) is 0 Å². The Hall–Kier alpha value is -10.2. The second-order valence-electron chi connectivity index (χ2n) is 34.4. The number of pyridine rings is 6. The maximum Gasteiger partial charge on any atom is 0.0358 e. The van der Waals surface area contributed by atoms with Crippen molar-refractivity contribution in [3.05, 3.63) is 433 Å². The smallest absolute Gasteiger partial charge is 0.0358 e. The van der Waals surface area contributed by atoms with Crippen molar-refractivity contribution in [2.75, 3.05) is 0 Å². The fourth-order valence-corrected chi connectivity index (χ4v) is 21.3. The van der Waals surface area contributed by atoms with Gasteiger partial charge in [-0.05, 0) is 303 Å². The zero-order valence-corrected chi connectivity index (χ0v) is 78.6. The van der Waals surface area contributed by atoms with Crippen LogP contribution in [0, 0.1) is 123 Å². The van der Waals surface area contributed by atoms with Crippen LogP contribution in [-0.2, 0) is 60.3 Å². The van der Waals surface area contributed by atoms with Gasteiger partial charge in [0.2, 0.25) is 0 Å². The van der Waals surface area contributed by atoms with E-state index in [4.69, 9.17) is 17.8 Å². The number of aromatic nitrogens is 6. The van der Waals surface area contributed by atoms with E-state index >= 15 is 0 Å². The summed E-state index contributed by atoms with van der Waals surface area (Å²) in [5, 5.41) is 0. The van der Waals surface area contributed by atoms with E-state index < -0.39 is 62.8 Å². The number of fused-ring (bicyclic) bond motifs is 5. The number of hydrogen-bond donors (Lipinski definition) is 0. The van der Waals surface area contributed by atoms with Crippen molar-refractivity contribution in [2.45, 2.75) is 159 Å². The van der Waals surface area contributed by atoms with Crippen LogP contribution in [0.2, 0.25) is 0 Å². The van der Waals surface area contributed by atoms with E-state index in [1.54, 1.807) is 48.5 Å². The molecule has 9 fully saturated rings. The first-order chi connectivity index (χ1) is 68.6. The summed E-state index contributed by atoms with van der Waals surface area (Å²) in [5.41, 5.74) is 17.7. The summed E-state index contributed by atoms with van der Waals surface area (Å²) in [5.74, 6) is 1.53. The third kappa shape index (κ3) is 22.8. The Bertz CT molecular complexity index is 6560. The molecule has 0 spiro atoms. The minimum absolute atomic E-state index is 0. The van der Waals surface area contributed by atoms with Crippen LogP contribution in [0.3, 0.4) is 0 Å². The molecule has 10 atom stereocenters. The molecule has 9 aliphatic carbocycles. The molecule has 9 aromatic carbocycles. The van der Waals surface area contributed by atoms with Gasteiger partial charge in [0.1, 0.15) is 0 Å². The van der Waals surface area contributed by atoms with Crippen LogP contribution in [0.25, 0.3) is 67.5 Å². The molecule has 9 aliphatic rings. The van der Waals surface area contributed by atoms with E-state index in [0.717, 1.165) is 167 Å². The maximum atomic E-state index is 9.68. The third-order valence-electron chi connectivity index (χ3n) is 26.9. The minimum Gasteiger partial charge on any atom is -0.305 e. The molecular formula is C119H114Ir3N6-6. The van der Waals surface area contributed by atoms with Gasteiger partial charge < -0.3 is 29.9 Å². The van der Waals surface area contributed by atoms with Crippen molar-refractivity contribution in [1.82, 2.24) is 29.9 Å². The topological polar surface area (TPSA) is 77.3 Å². The van der Waals surface area contributed by atoms with Crippen molar-refractivity contribution in [1.29, 1.82) is 0 Å². The van der Waals surface area contributed by atoms with Gasteiger partial charge in [-0.1, -0.05) is 164 Å². The van der Waals surface area contributed by atoms with Crippen molar-refractivity contribution < 1.29 is 85.0 Å². The number of hydrogen-bond acceptors (Lipinski definition) is 6. The number of aryl methyl sites for hydroxylation is 4. The number of benzene rings is 9. The first-order valence-electron chi connectivity index (χ1n) is 53.4. The molecule has 6 heterocycles. The maximum absolute atomic E-state index is 9.68. The Morgan fingerprint density at radius 2 is 0.586 bits per heavy atom. The van der Waals surface area contributed by atoms with Crippen LogP contribution >= 0.6 is 0 Å². The Balaban J connectivity index is 0.000000134. The molecule has 24 rings (SSSR count). The fourth-order valence-electron chi connectivity index (χ4n) is 21.3. The summed E-state index contributed by atoms with van der Waals surface area (Å²) in [6.07, 6.45) is 24.8. The summed E-state index contributed by atoms with van der Waals surface area (Å²) in [4.78, 5) is 26.0. The molecule has 9 saturated carbocycles. The second kappa shape index (κ2) is 44.9. The summed E-state index contributed by atoms with van der Waals surface area (Å²) in [6, 6.07) is 115. The Kier molecular flexibility index (Phi) is 25.1. The molecular weight excluding hydrogens is 2090 g/mol. The molecule has 128 heavy (non-hydrogen) atoms. The first kappa shape index (κ1) is 71.6. The molecule has 6 bridgehead atoms. The van der Waals surface area contributed by atoms with Crippen molar-refractivity contribution in [3.63, 3.8) is 0 Å². The van der Waals surface area contributed by atoms with Crippen LogP contribution in [0.15, 0.2) is 340 Å². The Labute approximate surface area is 827 Å². The summed E-state index contributed by atoms with van der Waals surface area (Å²) in [6.45, 7) is -8.52. The molecule has 15 aromatic rings. The molecule has 0 N–H and O–H groups in total. The first-order valence-corrected chi connectivity index (χ1v) is 44.4. The average molecular weight is 2220 g/mol. The van der Waals surface area contributed by atoms with Gasteiger partial charge in [-0.3, -0.25) is 0 Å². The third-order valence-corrected chi connectivity index (χ3v) is 26.9. The number of nitrogens with zero attached hydrogens (tertiary/aromatic N) is 6. The van der Waals surface area contributed by atoms with Gasteiger partial charge in [0, 0.05) is 122 Å². The Morgan fingerprint density at radius 3 is 0.969 bits per heavy atom. The van der Waals surface area contributed by atoms with Gasteiger partial charge in [-0.15, -0.1) is 215 Å². The van der Waals surface area contributed by atoms with Gasteiger partial charge in [-0.2, -0.15) is 0 Å². The van der Waals surface area contributed by atoms with Gasteiger partial charge in [0.15, 0.2) is 0 Å². The molecule has 6 nitrogen and oxygen atoms in total.